The van der Waals surface area contributed by atoms with E-state index in [0.29, 0.717) is 5.95 Å². The van der Waals surface area contributed by atoms with Crippen molar-refractivity contribution in [3.05, 3.63) is 35.7 Å². The molecule has 0 aliphatic carbocycles. The predicted molar refractivity (Wildman–Crippen MR) is 92.8 cm³/mol. The van der Waals surface area contributed by atoms with E-state index in [1.807, 2.05) is 61.8 Å². The number of thiophene rings is 1. The number of nitrogens with zero attached hydrogens (tertiary/aromatic N) is 4. The van der Waals surface area contributed by atoms with Crippen LogP contribution in [0.4, 0.5) is 17.5 Å². The maximum Gasteiger partial charge on any atom is 0.227 e. The van der Waals surface area contributed by atoms with Crippen molar-refractivity contribution in [2.24, 2.45) is 0 Å². The quantitative estimate of drug-likeness (QED) is 0.737. The van der Waals surface area contributed by atoms with Crippen LogP contribution in [0.2, 0.25) is 0 Å². The Hall–Kier alpha value is -2.34. The molecule has 0 fully saturated rings. The molecule has 1 aromatic carbocycles. The van der Waals surface area contributed by atoms with E-state index in [9.17, 15) is 0 Å². The third-order valence-electron chi connectivity index (χ3n) is 3.45. The van der Waals surface area contributed by atoms with E-state index in [4.69, 9.17) is 9.72 Å². The minimum atomic E-state index is 0.710. The summed E-state index contributed by atoms with van der Waals surface area (Å²) in [6, 6.07) is 9.97. The molecule has 6 heteroatoms. The Balaban J connectivity index is 2.08. The van der Waals surface area contributed by atoms with Crippen molar-refractivity contribution >= 4 is 39.0 Å². The maximum absolute atomic E-state index is 5.21. The van der Waals surface area contributed by atoms with Gasteiger partial charge >= 0.3 is 0 Å². The Kier molecular flexibility index (Phi) is 3.85. The molecule has 0 amide bonds. The molecule has 3 aromatic rings. The van der Waals surface area contributed by atoms with Crippen LogP contribution >= 0.6 is 11.3 Å². The summed E-state index contributed by atoms with van der Waals surface area (Å²) in [5.41, 5.74) is 2.03. The molecule has 5 nitrogen and oxygen atoms in total. The second-order valence-corrected chi connectivity index (χ2v) is 6.05. The highest BCUT2D eigenvalue weighted by atomic mass is 32.1. The van der Waals surface area contributed by atoms with Gasteiger partial charge in [-0.2, -0.15) is 4.98 Å². The zero-order valence-corrected chi connectivity index (χ0v) is 13.9. The Morgan fingerprint density at radius 2 is 1.73 bits per heavy atom. The molecule has 22 heavy (non-hydrogen) atoms. The summed E-state index contributed by atoms with van der Waals surface area (Å²) < 4.78 is 6.30. The van der Waals surface area contributed by atoms with Crippen molar-refractivity contribution in [2.45, 2.75) is 0 Å². The zero-order valence-electron chi connectivity index (χ0n) is 13.1. The first-order valence-electron chi connectivity index (χ1n) is 6.90. The Morgan fingerprint density at radius 1 is 1.00 bits per heavy atom. The number of hydrogen-bond donors (Lipinski definition) is 0. The highest BCUT2D eigenvalue weighted by Crippen LogP contribution is 2.34. The van der Waals surface area contributed by atoms with Gasteiger partial charge in [-0.1, -0.05) is 0 Å². The summed E-state index contributed by atoms with van der Waals surface area (Å²) in [5.74, 6) is 2.46. The highest BCUT2D eigenvalue weighted by Gasteiger charge is 2.15. The van der Waals surface area contributed by atoms with Crippen molar-refractivity contribution in [3.8, 4) is 5.75 Å². The first-order chi connectivity index (χ1) is 10.6. The molecular weight excluding hydrogens is 296 g/mol. The minimum absolute atomic E-state index is 0.710. The number of anilines is 3. The van der Waals surface area contributed by atoms with Gasteiger partial charge in [-0.25, -0.2) is 4.98 Å². The summed E-state index contributed by atoms with van der Waals surface area (Å²) >= 11 is 1.66. The molecule has 0 aliphatic rings. The van der Waals surface area contributed by atoms with Crippen molar-refractivity contribution in [1.82, 2.24) is 9.97 Å². The molecule has 0 spiro atoms. The molecule has 0 unspecified atom stereocenters. The topological polar surface area (TPSA) is 41.5 Å². The van der Waals surface area contributed by atoms with Gasteiger partial charge in [0.25, 0.3) is 0 Å². The normalized spacial score (nSPS) is 10.7. The van der Waals surface area contributed by atoms with Crippen LogP contribution in [-0.4, -0.2) is 38.2 Å². The van der Waals surface area contributed by atoms with E-state index < -0.39 is 0 Å². The van der Waals surface area contributed by atoms with Gasteiger partial charge in [0.1, 0.15) is 5.75 Å². The van der Waals surface area contributed by atoms with Gasteiger partial charge in [-0.15, -0.1) is 11.3 Å². The summed E-state index contributed by atoms with van der Waals surface area (Å²) in [6.07, 6.45) is 0. The first-order valence-corrected chi connectivity index (χ1v) is 7.78. The van der Waals surface area contributed by atoms with E-state index in [1.54, 1.807) is 18.4 Å². The SMILES string of the molecule is COc1ccc(N(C)c2nc(N(C)C)nc3ccsc23)cc1. The molecule has 3 rings (SSSR count). The average Bonchev–Trinajstić information content (AvgIpc) is 3.01. The molecule has 0 bridgehead atoms. The Bertz CT molecular complexity index is 782. The van der Waals surface area contributed by atoms with Gasteiger partial charge in [-0.3, -0.25) is 0 Å². The van der Waals surface area contributed by atoms with Gasteiger partial charge in [0.15, 0.2) is 5.82 Å². The number of aromatic nitrogens is 2. The van der Waals surface area contributed by atoms with Crippen LogP contribution in [0.25, 0.3) is 10.2 Å². The first kappa shape index (κ1) is 14.6. The lowest BCUT2D eigenvalue weighted by molar-refractivity contribution is 0.415. The second kappa shape index (κ2) is 5.81. The third-order valence-corrected chi connectivity index (χ3v) is 4.35. The Labute approximate surface area is 133 Å². The van der Waals surface area contributed by atoms with Crippen molar-refractivity contribution in [1.29, 1.82) is 0 Å². The molecule has 0 atom stereocenters. The van der Waals surface area contributed by atoms with E-state index in [-0.39, 0.29) is 0 Å². The number of rotatable bonds is 4. The number of fused-ring (bicyclic) bond motifs is 1. The molecule has 0 saturated carbocycles. The molecule has 2 aromatic heterocycles. The van der Waals surface area contributed by atoms with Crippen LogP contribution in [0.3, 0.4) is 0 Å². The molecule has 0 saturated heterocycles. The van der Waals surface area contributed by atoms with E-state index in [1.165, 1.54) is 0 Å². The second-order valence-electron chi connectivity index (χ2n) is 5.13. The summed E-state index contributed by atoms with van der Waals surface area (Å²) in [5, 5.41) is 2.05. The molecule has 0 aliphatic heterocycles. The van der Waals surface area contributed by atoms with Crippen LogP contribution in [-0.2, 0) is 0 Å². The molecular formula is C16H18N4OS. The lowest BCUT2D eigenvalue weighted by atomic mass is 10.2. The van der Waals surface area contributed by atoms with E-state index >= 15 is 0 Å². The van der Waals surface area contributed by atoms with Gasteiger partial charge in [0, 0.05) is 26.8 Å². The number of methoxy groups -OCH3 is 1. The van der Waals surface area contributed by atoms with Crippen molar-refractivity contribution in [2.75, 3.05) is 38.1 Å². The summed E-state index contributed by atoms with van der Waals surface area (Å²) in [6.45, 7) is 0. The third kappa shape index (κ3) is 2.57. The van der Waals surface area contributed by atoms with Crippen LogP contribution < -0.4 is 14.5 Å². The Morgan fingerprint density at radius 3 is 2.36 bits per heavy atom. The monoisotopic (exact) mass is 314 g/mol. The number of benzene rings is 1. The number of hydrogen-bond acceptors (Lipinski definition) is 6. The van der Waals surface area contributed by atoms with Crippen molar-refractivity contribution in [3.63, 3.8) is 0 Å². The highest BCUT2D eigenvalue weighted by molar-refractivity contribution is 7.17. The zero-order chi connectivity index (χ0) is 15.7. The largest absolute Gasteiger partial charge is 0.497 e. The molecule has 114 valence electrons. The van der Waals surface area contributed by atoms with Crippen LogP contribution in [0.1, 0.15) is 0 Å². The van der Waals surface area contributed by atoms with Gasteiger partial charge in [0.05, 0.1) is 17.3 Å². The molecule has 0 radical (unpaired) electrons. The van der Waals surface area contributed by atoms with Gasteiger partial charge in [0.2, 0.25) is 5.95 Å². The standard InChI is InChI=1S/C16H18N4OS/c1-19(2)16-17-13-9-10-22-14(13)15(18-16)20(3)11-5-7-12(21-4)8-6-11/h5-10H,1-4H3. The smallest absolute Gasteiger partial charge is 0.227 e. The fraction of sp³-hybridized carbons (Fsp3) is 0.250. The van der Waals surface area contributed by atoms with Gasteiger partial charge in [-0.05, 0) is 35.7 Å². The van der Waals surface area contributed by atoms with E-state index in [2.05, 4.69) is 9.88 Å². The predicted octanol–water partition coefficient (Wildman–Crippen LogP) is 3.53. The summed E-state index contributed by atoms with van der Waals surface area (Å²) in [7, 11) is 7.58. The molecule has 2 heterocycles. The lowest BCUT2D eigenvalue weighted by Crippen LogP contribution is -2.17. The van der Waals surface area contributed by atoms with Gasteiger partial charge < -0.3 is 14.5 Å². The minimum Gasteiger partial charge on any atom is -0.497 e. The van der Waals surface area contributed by atoms with E-state index in [0.717, 1.165) is 27.5 Å². The number of ether oxygens (including phenoxy) is 1. The van der Waals surface area contributed by atoms with Crippen LogP contribution in [0.15, 0.2) is 35.7 Å². The lowest BCUT2D eigenvalue weighted by Gasteiger charge is -2.21. The summed E-state index contributed by atoms with van der Waals surface area (Å²) in [4.78, 5) is 13.3. The van der Waals surface area contributed by atoms with Crippen molar-refractivity contribution < 1.29 is 4.74 Å². The molecule has 0 N–H and O–H groups in total. The maximum atomic E-state index is 5.21. The fourth-order valence-corrected chi connectivity index (χ4v) is 3.05. The average molecular weight is 314 g/mol. The fourth-order valence-electron chi connectivity index (χ4n) is 2.19. The van der Waals surface area contributed by atoms with Crippen LogP contribution in [0.5, 0.6) is 5.75 Å². The van der Waals surface area contributed by atoms with Crippen LogP contribution in [0, 0.1) is 0 Å².